The summed E-state index contributed by atoms with van der Waals surface area (Å²) in [5, 5.41) is 3.93. The van der Waals surface area contributed by atoms with Gasteiger partial charge in [0.05, 0.1) is 6.54 Å². The summed E-state index contributed by atoms with van der Waals surface area (Å²) in [7, 11) is 0. The molecule has 2 aliphatic rings. The maximum Gasteiger partial charge on any atom is 0.276 e. The topological polar surface area (TPSA) is 66.7 Å². The number of rotatable bonds is 1. The second-order valence-electron chi connectivity index (χ2n) is 5.12. The van der Waals surface area contributed by atoms with E-state index in [1.165, 1.54) is 0 Å². The van der Waals surface area contributed by atoms with E-state index >= 15 is 0 Å². The number of hydrogen-bond donors (Lipinski definition) is 0. The molecule has 0 saturated carbocycles. The number of nitrogens with zero attached hydrogens (tertiary/aromatic N) is 3. The van der Waals surface area contributed by atoms with Gasteiger partial charge in [0, 0.05) is 38.5 Å². The number of fused-ring (bicyclic) bond motifs is 1. The molecule has 0 aliphatic carbocycles. The third kappa shape index (κ3) is 2.11. The van der Waals surface area contributed by atoms with E-state index < -0.39 is 0 Å². The lowest BCUT2D eigenvalue weighted by Crippen LogP contribution is -2.35. The second-order valence-corrected chi connectivity index (χ2v) is 5.12. The van der Waals surface area contributed by atoms with Crippen LogP contribution in [-0.4, -0.2) is 46.4 Å². The maximum absolute atomic E-state index is 12.4. The number of aromatic nitrogens is 1. The molecule has 0 aromatic carbocycles. The highest BCUT2D eigenvalue weighted by molar-refractivity contribution is 5.94. The van der Waals surface area contributed by atoms with Crippen molar-refractivity contribution >= 4 is 11.8 Å². The average Bonchev–Trinajstić information content (AvgIpc) is 3.06. The van der Waals surface area contributed by atoms with Crippen LogP contribution in [0, 0.1) is 0 Å². The molecule has 1 aromatic heterocycles. The predicted molar refractivity (Wildman–Crippen MR) is 66.4 cm³/mol. The SMILES string of the molecule is CC(=O)N1CCc2onc(C(=O)N3CCCC3)c2C1. The molecule has 1 aromatic rings. The van der Waals surface area contributed by atoms with E-state index in [0.717, 1.165) is 37.3 Å². The van der Waals surface area contributed by atoms with Crippen molar-refractivity contribution in [2.24, 2.45) is 0 Å². The monoisotopic (exact) mass is 263 g/mol. The molecule has 3 rings (SSSR count). The first-order chi connectivity index (χ1) is 9.16. The van der Waals surface area contributed by atoms with Crippen molar-refractivity contribution in [2.75, 3.05) is 19.6 Å². The highest BCUT2D eigenvalue weighted by Gasteiger charge is 2.31. The Balaban J connectivity index is 1.86. The predicted octanol–water partition coefficient (Wildman–Crippen LogP) is 0.815. The molecule has 6 heteroatoms. The van der Waals surface area contributed by atoms with E-state index in [1.807, 2.05) is 4.90 Å². The van der Waals surface area contributed by atoms with E-state index in [4.69, 9.17) is 4.52 Å². The fraction of sp³-hybridized carbons (Fsp3) is 0.615. The van der Waals surface area contributed by atoms with E-state index in [9.17, 15) is 9.59 Å². The van der Waals surface area contributed by atoms with Crippen LogP contribution in [-0.2, 0) is 17.8 Å². The van der Waals surface area contributed by atoms with Crippen molar-refractivity contribution < 1.29 is 14.1 Å². The largest absolute Gasteiger partial charge is 0.360 e. The van der Waals surface area contributed by atoms with Crippen molar-refractivity contribution in [3.8, 4) is 0 Å². The van der Waals surface area contributed by atoms with Crippen molar-refractivity contribution in [1.82, 2.24) is 15.0 Å². The van der Waals surface area contributed by atoms with Gasteiger partial charge in [-0.15, -0.1) is 0 Å². The summed E-state index contributed by atoms with van der Waals surface area (Å²) >= 11 is 0. The summed E-state index contributed by atoms with van der Waals surface area (Å²) < 4.78 is 5.26. The normalized spacial score (nSPS) is 18.6. The molecule has 2 aliphatic heterocycles. The van der Waals surface area contributed by atoms with Gasteiger partial charge >= 0.3 is 0 Å². The Kier molecular flexibility index (Phi) is 3.00. The Labute approximate surface area is 111 Å². The van der Waals surface area contributed by atoms with E-state index in [2.05, 4.69) is 5.16 Å². The first-order valence-electron chi connectivity index (χ1n) is 6.69. The smallest absolute Gasteiger partial charge is 0.276 e. The van der Waals surface area contributed by atoms with Gasteiger partial charge in [-0.05, 0) is 12.8 Å². The Bertz CT molecular complexity index is 517. The minimum Gasteiger partial charge on any atom is -0.360 e. The van der Waals surface area contributed by atoms with Crippen molar-refractivity contribution in [3.05, 3.63) is 17.0 Å². The van der Waals surface area contributed by atoms with Crippen LogP contribution in [0.4, 0.5) is 0 Å². The molecule has 0 N–H and O–H groups in total. The van der Waals surface area contributed by atoms with Gasteiger partial charge in [-0.25, -0.2) is 0 Å². The van der Waals surface area contributed by atoms with Crippen LogP contribution >= 0.6 is 0 Å². The number of amides is 2. The highest BCUT2D eigenvalue weighted by Crippen LogP contribution is 2.24. The third-order valence-electron chi connectivity index (χ3n) is 3.87. The number of carbonyl (C=O) groups excluding carboxylic acids is 2. The number of carbonyl (C=O) groups is 2. The first-order valence-corrected chi connectivity index (χ1v) is 6.69. The molecule has 6 nitrogen and oxygen atoms in total. The summed E-state index contributed by atoms with van der Waals surface area (Å²) in [4.78, 5) is 27.3. The van der Waals surface area contributed by atoms with E-state index in [0.29, 0.717) is 25.2 Å². The molecule has 102 valence electrons. The summed E-state index contributed by atoms with van der Waals surface area (Å²) in [5.41, 5.74) is 1.18. The van der Waals surface area contributed by atoms with Crippen LogP contribution in [0.3, 0.4) is 0 Å². The molecule has 0 spiro atoms. The second kappa shape index (κ2) is 4.68. The van der Waals surface area contributed by atoms with Gasteiger partial charge in [-0.2, -0.15) is 0 Å². The lowest BCUT2D eigenvalue weighted by Gasteiger charge is -2.25. The molecule has 3 heterocycles. The van der Waals surface area contributed by atoms with Gasteiger partial charge in [0.15, 0.2) is 5.69 Å². The third-order valence-corrected chi connectivity index (χ3v) is 3.87. The molecule has 2 amide bonds. The molecule has 0 radical (unpaired) electrons. The Morgan fingerprint density at radius 3 is 2.58 bits per heavy atom. The average molecular weight is 263 g/mol. The zero-order valence-electron chi connectivity index (χ0n) is 11.0. The Morgan fingerprint density at radius 2 is 1.89 bits per heavy atom. The van der Waals surface area contributed by atoms with Gasteiger partial charge < -0.3 is 14.3 Å². The molecule has 1 fully saturated rings. The lowest BCUT2D eigenvalue weighted by molar-refractivity contribution is -0.129. The molecular formula is C13H17N3O3. The zero-order chi connectivity index (χ0) is 13.4. The van der Waals surface area contributed by atoms with Crippen LogP contribution < -0.4 is 0 Å². The lowest BCUT2D eigenvalue weighted by atomic mass is 10.1. The van der Waals surface area contributed by atoms with Crippen molar-refractivity contribution in [2.45, 2.75) is 32.7 Å². The van der Waals surface area contributed by atoms with Gasteiger partial charge in [0.1, 0.15) is 5.76 Å². The van der Waals surface area contributed by atoms with Gasteiger partial charge in [0.2, 0.25) is 5.91 Å². The molecular weight excluding hydrogens is 246 g/mol. The minimum atomic E-state index is -0.0621. The van der Waals surface area contributed by atoms with Gasteiger partial charge in [0.25, 0.3) is 5.91 Å². The zero-order valence-corrected chi connectivity index (χ0v) is 11.0. The molecule has 1 saturated heterocycles. The number of hydrogen-bond acceptors (Lipinski definition) is 4. The van der Waals surface area contributed by atoms with Crippen molar-refractivity contribution in [1.29, 1.82) is 0 Å². The van der Waals surface area contributed by atoms with Gasteiger partial charge in [-0.3, -0.25) is 9.59 Å². The molecule has 19 heavy (non-hydrogen) atoms. The Morgan fingerprint density at radius 1 is 1.16 bits per heavy atom. The quantitative estimate of drug-likeness (QED) is 0.752. The Hall–Kier alpha value is -1.85. The molecule has 0 atom stereocenters. The molecule has 0 bridgehead atoms. The van der Waals surface area contributed by atoms with Crippen LogP contribution in [0.15, 0.2) is 4.52 Å². The van der Waals surface area contributed by atoms with Crippen LogP contribution in [0.1, 0.15) is 41.6 Å². The summed E-state index contributed by atoms with van der Waals surface area (Å²) in [6.45, 7) is 4.19. The van der Waals surface area contributed by atoms with E-state index in [-0.39, 0.29) is 11.8 Å². The summed E-state index contributed by atoms with van der Waals surface area (Å²) in [5.74, 6) is 0.708. The van der Waals surface area contributed by atoms with E-state index in [1.54, 1.807) is 11.8 Å². The first kappa shape index (κ1) is 12.2. The highest BCUT2D eigenvalue weighted by atomic mass is 16.5. The minimum absolute atomic E-state index is 0.0198. The summed E-state index contributed by atoms with van der Waals surface area (Å²) in [6, 6.07) is 0. The van der Waals surface area contributed by atoms with Crippen LogP contribution in [0.25, 0.3) is 0 Å². The standard InChI is InChI=1S/C13H17N3O3/c1-9(17)16-7-4-11-10(8-16)12(14-19-11)13(18)15-5-2-3-6-15/h2-8H2,1H3. The van der Waals surface area contributed by atoms with Gasteiger partial charge in [-0.1, -0.05) is 5.16 Å². The fourth-order valence-corrected chi connectivity index (χ4v) is 2.72. The summed E-state index contributed by atoms with van der Waals surface area (Å²) in [6.07, 6.45) is 2.73. The molecule has 0 unspecified atom stereocenters. The van der Waals surface area contributed by atoms with Crippen LogP contribution in [0.2, 0.25) is 0 Å². The maximum atomic E-state index is 12.4. The van der Waals surface area contributed by atoms with Crippen molar-refractivity contribution in [3.63, 3.8) is 0 Å². The van der Waals surface area contributed by atoms with Crippen LogP contribution in [0.5, 0.6) is 0 Å². The number of likely N-dealkylation sites (tertiary alicyclic amines) is 1. The fourth-order valence-electron chi connectivity index (χ4n) is 2.72.